The van der Waals surface area contributed by atoms with Gasteiger partial charge in [0.05, 0.1) is 0 Å². The van der Waals surface area contributed by atoms with Crippen LogP contribution in [-0.2, 0) is 9.59 Å². The standard InChI is InChI=1S/C13H25NO2/c1-9(2)12(15)7-5-11(14)6-8-13(16)10(3)4/h9-11H,5-8,14H2,1-4H3. The Bertz CT molecular complexity index is 210. The SMILES string of the molecule is CC(C)C(=O)CCC(N)CCC(=O)C(C)C. The zero-order valence-electron chi connectivity index (χ0n) is 11.0. The molecule has 2 N–H and O–H groups in total. The van der Waals surface area contributed by atoms with Gasteiger partial charge in [0.1, 0.15) is 11.6 Å². The second-order valence-corrected chi connectivity index (χ2v) is 5.08. The Morgan fingerprint density at radius 2 is 1.19 bits per heavy atom. The molecule has 16 heavy (non-hydrogen) atoms. The predicted molar refractivity (Wildman–Crippen MR) is 66.1 cm³/mol. The summed E-state index contributed by atoms with van der Waals surface area (Å²) in [4.78, 5) is 22.7. The molecule has 0 spiro atoms. The molecule has 0 fully saturated rings. The highest BCUT2D eigenvalue weighted by atomic mass is 16.1. The second kappa shape index (κ2) is 7.55. The lowest BCUT2D eigenvalue weighted by Crippen LogP contribution is -2.23. The normalized spacial score (nSPS) is 11.5. The van der Waals surface area contributed by atoms with Crippen LogP contribution in [0.1, 0.15) is 53.4 Å². The summed E-state index contributed by atoms with van der Waals surface area (Å²) in [6.07, 6.45) is 2.47. The van der Waals surface area contributed by atoms with E-state index < -0.39 is 0 Å². The largest absolute Gasteiger partial charge is 0.328 e. The van der Waals surface area contributed by atoms with E-state index in [1.54, 1.807) is 0 Å². The van der Waals surface area contributed by atoms with Gasteiger partial charge < -0.3 is 5.73 Å². The van der Waals surface area contributed by atoms with Crippen LogP contribution in [0.5, 0.6) is 0 Å². The number of ketones is 2. The lowest BCUT2D eigenvalue weighted by Gasteiger charge is -2.12. The van der Waals surface area contributed by atoms with Crippen molar-refractivity contribution in [2.75, 3.05) is 0 Å². The minimum atomic E-state index is -0.0228. The van der Waals surface area contributed by atoms with Gasteiger partial charge in [-0.15, -0.1) is 0 Å². The molecule has 3 heteroatoms. The molecule has 0 heterocycles. The zero-order valence-corrected chi connectivity index (χ0v) is 11.0. The maximum absolute atomic E-state index is 11.4. The van der Waals surface area contributed by atoms with Gasteiger partial charge in [0, 0.05) is 30.7 Å². The van der Waals surface area contributed by atoms with Crippen LogP contribution in [-0.4, -0.2) is 17.6 Å². The van der Waals surface area contributed by atoms with Crippen molar-refractivity contribution in [1.29, 1.82) is 0 Å². The summed E-state index contributed by atoms with van der Waals surface area (Å²) >= 11 is 0. The summed E-state index contributed by atoms with van der Waals surface area (Å²) in [7, 11) is 0. The van der Waals surface area contributed by atoms with Crippen LogP contribution in [0, 0.1) is 11.8 Å². The highest BCUT2D eigenvalue weighted by Gasteiger charge is 2.13. The lowest BCUT2D eigenvalue weighted by atomic mass is 9.97. The lowest BCUT2D eigenvalue weighted by molar-refractivity contribution is -0.122. The van der Waals surface area contributed by atoms with Crippen molar-refractivity contribution in [2.45, 2.75) is 59.4 Å². The summed E-state index contributed by atoms with van der Waals surface area (Å²) in [6.45, 7) is 7.60. The van der Waals surface area contributed by atoms with E-state index in [9.17, 15) is 9.59 Å². The Balaban J connectivity index is 3.71. The van der Waals surface area contributed by atoms with Gasteiger partial charge >= 0.3 is 0 Å². The number of hydrogen-bond donors (Lipinski definition) is 1. The highest BCUT2D eigenvalue weighted by molar-refractivity contribution is 5.80. The van der Waals surface area contributed by atoms with Gasteiger partial charge in [0.15, 0.2) is 0 Å². The van der Waals surface area contributed by atoms with E-state index in [1.807, 2.05) is 27.7 Å². The van der Waals surface area contributed by atoms with Crippen LogP contribution in [0.25, 0.3) is 0 Å². The maximum atomic E-state index is 11.4. The van der Waals surface area contributed by atoms with Crippen LogP contribution in [0.2, 0.25) is 0 Å². The molecule has 3 nitrogen and oxygen atoms in total. The topological polar surface area (TPSA) is 60.2 Å². The quantitative estimate of drug-likeness (QED) is 0.692. The number of hydrogen-bond acceptors (Lipinski definition) is 3. The zero-order chi connectivity index (χ0) is 12.7. The third-order valence-corrected chi connectivity index (χ3v) is 2.81. The van der Waals surface area contributed by atoms with Gasteiger partial charge in [-0.3, -0.25) is 9.59 Å². The number of Topliss-reactive ketones (excluding diaryl/α,β-unsaturated/α-hetero) is 2. The summed E-state index contributed by atoms with van der Waals surface area (Å²) in [5, 5.41) is 0. The van der Waals surface area contributed by atoms with Gasteiger partial charge in [-0.25, -0.2) is 0 Å². The van der Waals surface area contributed by atoms with Crippen molar-refractivity contribution >= 4 is 11.6 Å². The average Bonchev–Trinajstić information content (AvgIpc) is 2.21. The summed E-state index contributed by atoms with van der Waals surface area (Å²) in [6, 6.07) is -0.0228. The van der Waals surface area contributed by atoms with E-state index in [1.165, 1.54) is 0 Å². The fourth-order valence-electron chi connectivity index (χ4n) is 1.38. The molecule has 0 amide bonds. The van der Waals surface area contributed by atoms with E-state index in [0.29, 0.717) is 25.7 Å². The predicted octanol–water partition coefficient (Wildman–Crippen LogP) is 2.32. The minimum absolute atomic E-state index is 0.0228. The summed E-state index contributed by atoms with van der Waals surface area (Å²) < 4.78 is 0. The molecule has 0 saturated carbocycles. The molecule has 94 valence electrons. The van der Waals surface area contributed by atoms with Crippen LogP contribution < -0.4 is 5.73 Å². The smallest absolute Gasteiger partial charge is 0.135 e. The fraction of sp³-hybridized carbons (Fsp3) is 0.846. The first-order valence-corrected chi connectivity index (χ1v) is 6.15. The highest BCUT2D eigenvalue weighted by Crippen LogP contribution is 2.09. The van der Waals surface area contributed by atoms with Gasteiger partial charge in [-0.1, -0.05) is 27.7 Å². The van der Waals surface area contributed by atoms with Crippen molar-refractivity contribution in [3.63, 3.8) is 0 Å². The molecular weight excluding hydrogens is 202 g/mol. The fourth-order valence-corrected chi connectivity index (χ4v) is 1.38. The Morgan fingerprint density at radius 1 is 0.875 bits per heavy atom. The van der Waals surface area contributed by atoms with Gasteiger partial charge in [-0.05, 0) is 12.8 Å². The molecule has 0 rings (SSSR count). The van der Waals surface area contributed by atoms with E-state index in [-0.39, 0.29) is 29.4 Å². The first-order valence-electron chi connectivity index (χ1n) is 6.15. The molecule has 0 aliphatic heterocycles. The van der Waals surface area contributed by atoms with Crippen molar-refractivity contribution in [1.82, 2.24) is 0 Å². The van der Waals surface area contributed by atoms with Crippen molar-refractivity contribution in [3.05, 3.63) is 0 Å². The van der Waals surface area contributed by atoms with E-state index in [4.69, 9.17) is 5.73 Å². The molecule has 0 bridgehead atoms. The number of carbonyl (C=O) groups is 2. The molecule has 0 radical (unpaired) electrons. The Labute approximate surface area is 98.8 Å². The van der Waals surface area contributed by atoms with E-state index in [0.717, 1.165) is 0 Å². The van der Waals surface area contributed by atoms with Gasteiger partial charge in [0.2, 0.25) is 0 Å². The van der Waals surface area contributed by atoms with Gasteiger partial charge in [0.25, 0.3) is 0 Å². The van der Waals surface area contributed by atoms with Crippen molar-refractivity contribution in [2.24, 2.45) is 17.6 Å². The molecule has 0 aromatic rings. The monoisotopic (exact) mass is 227 g/mol. The third-order valence-electron chi connectivity index (χ3n) is 2.81. The Hall–Kier alpha value is -0.700. The molecule has 0 atom stereocenters. The number of nitrogens with two attached hydrogens (primary N) is 1. The molecule has 0 aliphatic rings. The minimum Gasteiger partial charge on any atom is -0.328 e. The van der Waals surface area contributed by atoms with E-state index >= 15 is 0 Å². The van der Waals surface area contributed by atoms with E-state index in [2.05, 4.69) is 0 Å². The first-order chi connectivity index (χ1) is 7.34. The van der Waals surface area contributed by atoms with Crippen LogP contribution in [0.15, 0.2) is 0 Å². The molecule has 0 saturated heterocycles. The molecule has 0 aromatic heterocycles. The van der Waals surface area contributed by atoms with Crippen molar-refractivity contribution in [3.8, 4) is 0 Å². The summed E-state index contributed by atoms with van der Waals surface area (Å²) in [5.74, 6) is 0.685. The first kappa shape index (κ1) is 15.3. The second-order valence-electron chi connectivity index (χ2n) is 5.08. The molecule has 0 aromatic carbocycles. The van der Waals surface area contributed by atoms with Gasteiger partial charge in [-0.2, -0.15) is 0 Å². The van der Waals surface area contributed by atoms with Crippen molar-refractivity contribution < 1.29 is 9.59 Å². The van der Waals surface area contributed by atoms with Crippen LogP contribution >= 0.6 is 0 Å². The van der Waals surface area contributed by atoms with Crippen LogP contribution in [0.4, 0.5) is 0 Å². The average molecular weight is 227 g/mol. The number of rotatable bonds is 8. The third kappa shape index (κ3) is 6.72. The maximum Gasteiger partial charge on any atom is 0.135 e. The molecule has 0 aliphatic carbocycles. The summed E-state index contributed by atoms with van der Waals surface area (Å²) in [5.41, 5.74) is 5.87. The number of carbonyl (C=O) groups excluding carboxylic acids is 2. The van der Waals surface area contributed by atoms with Crippen LogP contribution in [0.3, 0.4) is 0 Å². The Morgan fingerprint density at radius 3 is 1.44 bits per heavy atom. The Kier molecular flexibility index (Phi) is 7.22. The molecule has 0 unspecified atom stereocenters. The molecular formula is C13H25NO2.